The number of pyridine rings is 1. The van der Waals surface area contributed by atoms with Gasteiger partial charge in [0.25, 0.3) is 0 Å². The quantitative estimate of drug-likeness (QED) is 0.789. The molecule has 2 aliphatic rings. The van der Waals surface area contributed by atoms with Crippen molar-refractivity contribution in [1.29, 1.82) is 0 Å². The van der Waals surface area contributed by atoms with Crippen LogP contribution >= 0.6 is 0 Å². The Hall–Kier alpha value is -0.970. The molecule has 1 aromatic heterocycles. The summed E-state index contributed by atoms with van der Waals surface area (Å²) in [5.41, 5.74) is 1.16. The maximum Gasteiger partial charge on any atom is 0.0829 e. The fourth-order valence-corrected chi connectivity index (χ4v) is 2.86. The molecular formula is C16H25N3O. The molecule has 0 radical (unpaired) electrons. The van der Waals surface area contributed by atoms with E-state index in [0.29, 0.717) is 6.10 Å². The summed E-state index contributed by atoms with van der Waals surface area (Å²) >= 11 is 0. The van der Waals surface area contributed by atoms with Crippen LogP contribution in [0, 0.1) is 5.92 Å². The Morgan fingerprint density at radius 1 is 1.35 bits per heavy atom. The predicted octanol–water partition coefficient (Wildman–Crippen LogP) is 1.62. The van der Waals surface area contributed by atoms with Gasteiger partial charge in [-0.15, -0.1) is 0 Å². The van der Waals surface area contributed by atoms with Crippen molar-refractivity contribution in [3.05, 3.63) is 30.1 Å². The first-order valence-electron chi connectivity index (χ1n) is 7.72. The molecule has 1 aliphatic carbocycles. The molecule has 4 heteroatoms. The van der Waals surface area contributed by atoms with E-state index < -0.39 is 0 Å². The van der Waals surface area contributed by atoms with E-state index in [0.717, 1.165) is 44.4 Å². The first-order chi connectivity index (χ1) is 9.79. The lowest BCUT2D eigenvalue weighted by molar-refractivity contribution is -0.0374. The van der Waals surface area contributed by atoms with Crippen LogP contribution in [0.15, 0.2) is 24.4 Å². The van der Waals surface area contributed by atoms with E-state index in [1.165, 1.54) is 19.4 Å². The van der Waals surface area contributed by atoms with Crippen molar-refractivity contribution in [2.45, 2.75) is 25.5 Å². The van der Waals surface area contributed by atoms with Gasteiger partial charge in [-0.2, -0.15) is 0 Å². The minimum Gasteiger partial charge on any atom is -0.374 e. The fourth-order valence-electron chi connectivity index (χ4n) is 2.86. The number of hydrogen-bond acceptors (Lipinski definition) is 4. The Morgan fingerprint density at radius 3 is 2.95 bits per heavy atom. The molecule has 2 fully saturated rings. The van der Waals surface area contributed by atoms with Crippen LogP contribution in [0.1, 0.15) is 18.5 Å². The van der Waals surface area contributed by atoms with Crippen LogP contribution in [0.5, 0.6) is 0 Å². The van der Waals surface area contributed by atoms with E-state index in [1.807, 2.05) is 12.3 Å². The van der Waals surface area contributed by atoms with Crippen molar-refractivity contribution < 1.29 is 4.74 Å². The average Bonchev–Trinajstić information content (AvgIpc) is 3.24. The van der Waals surface area contributed by atoms with Crippen LogP contribution in [0.25, 0.3) is 0 Å². The highest BCUT2D eigenvalue weighted by Crippen LogP contribution is 2.30. The molecule has 1 atom stereocenters. The second-order valence-electron chi connectivity index (χ2n) is 6.21. The molecule has 1 saturated carbocycles. The average molecular weight is 275 g/mol. The number of ether oxygens (including phenoxy) is 1. The van der Waals surface area contributed by atoms with Gasteiger partial charge < -0.3 is 9.64 Å². The smallest absolute Gasteiger partial charge is 0.0829 e. The topological polar surface area (TPSA) is 28.6 Å². The van der Waals surface area contributed by atoms with E-state index in [2.05, 4.69) is 34.0 Å². The monoisotopic (exact) mass is 275 g/mol. The summed E-state index contributed by atoms with van der Waals surface area (Å²) in [7, 11) is 2.18. The Kier molecular flexibility index (Phi) is 4.65. The van der Waals surface area contributed by atoms with Gasteiger partial charge in [0.2, 0.25) is 0 Å². The lowest BCUT2D eigenvalue weighted by atomic mass is 10.2. The first kappa shape index (κ1) is 14.0. The van der Waals surface area contributed by atoms with E-state index in [9.17, 15) is 0 Å². The zero-order valence-electron chi connectivity index (χ0n) is 12.4. The van der Waals surface area contributed by atoms with E-state index >= 15 is 0 Å². The molecule has 0 bridgehead atoms. The predicted molar refractivity (Wildman–Crippen MR) is 79.5 cm³/mol. The van der Waals surface area contributed by atoms with Gasteiger partial charge >= 0.3 is 0 Å². The van der Waals surface area contributed by atoms with Crippen molar-refractivity contribution in [1.82, 2.24) is 14.8 Å². The van der Waals surface area contributed by atoms with Crippen LogP contribution in [-0.4, -0.2) is 60.7 Å². The molecule has 1 aromatic rings. The molecule has 0 N–H and O–H groups in total. The maximum absolute atomic E-state index is 5.91. The van der Waals surface area contributed by atoms with Crippen LogP contribution in [0.4, 0.5) is 0 Å². The summed E-state index contributed by atoms with van der Waals surface area (Å²) < 4.78 is 5.91. The van der Waals surface area contributed by atoms with Crippen LogP contribution < -0.4 is 0 Å². The Labute approximate surface area is 121 Å². The zero-order chi connectivity index (χ0) is 13.8. The molecule has 1 aliphatic heterocycles. The summed E-state index contributed by atoms with van der Waals surface area (Å²) in [4.78, 5) is 9.36. The normalized spacial score (nSPS) is 24.2. The maximum atomic E-state index is 5.91. The highest BCUT2D eigenvalue weighted by molar-refractivity contribution is 5.03. The number of nitrogens with zero attached hydrogens (tertiary/aromatic N) is 3. The SMILES string of the molecule is CN1CCO[C@H](CN(Cc2ccccn2)CC2CC2)C1. The van der Waals surface area contributed by atoms with Gasteiger partial charge in [-0.25, -0.2) is 0 Å². The largest absolute Gasteiger partial charge is 0.374 e. The second-order valence-corrected chi connectivity index (χ2v) is 6.21. The molecule has 4 nitrogen and oxygen atoms in total. The third-order valence-corrected chi connectivity index (χ3v) is 4.13. The van der Waals surface area contributed by atoms with E-state index in [1.54, 1.807) is 0 Å². The number of morpholine rings is 1. The number of likely N-dealkylation sites (N-methyl/N-ethyl adjacent to an activating group) is 1. The third-order valence-electron chi connectivity index (χ3n) is 4.13. The highest BCUT2D eigenvalue weighted by Gasteiger charge is 2.27. The van der Waals surface area contributed by atoms with Gasteiger partial charge in [0.05, 0.1) is 18.4 Å². The summed E-state index contributed by atoms with van der Waals surface area (Å²) in [6.07, 6.45) is 5.01. The number of rotatable bonds is 6. The molecular weight excluding hydrogens is 250 g/mol. The molecule has 110 valence electrons. The summed E-state index contributed by atoms with van der Waals surface area (Å²) in [5.74, 6) is 0.903. The van der Waals surface area contributed by atoms with Crippen molar-refractivity contribution in [3.8, 4) is 0 Å². The van der Waals surface area contributed by atoms with Crippen molar-refractivity contribution in [3.63, 3.8) is 0 Å². The molecule has 1 saturated heterocycles. The molecule has 0 spiro atoms. The number of hydrogen-bond donors (Lipinski definition) is 0. The van der Waals surface area contributed by atoms with Gasteiger partial charge in [0.1, 0.15) is 0 Å². The van der Waals surface area contributed by atoms with Gasteiger partial charge in [-0.1, -0.05) is 6.07 Å². The van der Waals surface area contributed by atoms with E-state index in [-0.39, 0.29) is 0 Å². The minimum absolute atomic E-state index is 0.344. The van der Waals surface area contributed by atoms with Crippen molar-refractivity contribution >= 4 is 0 Å². The third kappa shape index (κ3) is 4.27. The molecule has 0 aromatic carbocycles. The highest BCUT2D eigenvalue weighted by atomic mass is 16.5. The van der Waals surface area contributed by atoms with Crippen molar-refractivity contribution in [2.75, 3.05) is 39.8 Å². The Bertz CT molecular complexity index is 407. The van der Waals surface area contributed by atoms with E-state index in [4.69, 9.17) is 4.74 Å². The molecule has 0 amide bonds. The van der Waals surface area contributed by atoms with Gasteiger partial charge in [0, 0.05) is 38.9 Å². The molecule has 3 rings (SSSR count). The van der Waals surface area contributed by atoms with Crippen LogP contribution in [0.3, 0.4) is 0 Å². The second kappa shape index (κ2) is 6.66. The standard InChI is InChI=1S/C16H25N3O/c1-18-8-9-20-16(12-18)13-19(10-14-5-6-14)11-15-4-2-3-7-17-15/h2-4,7,14,16H,5-6,8-13H2,1H3/t16-/m0/s1. The fraction of sp³-hybridized carbons (Fsp3) is 0.688. The number of aromatic nitrogens is 1. The van der Waals surface area contributed by atoms with Crippen LogP contribution in [0.2, 0.25) is 0 Å². The lowest BCUT2D eigenvalue weighted by Crippen LogP contribution is -2.46. The molecule has 2 heterocycles. The van der Waals surface area contributed by atoms with Gasteiger partial charge in [-0.05, 0) is 37.9 Å². The zero-order valence-corrected chi connectivity index (χ0v) is 12.4. The van der Waals surface area contributed by atoms with Crippen molar-refractivity contribution in [2.24, 2.45) is 5.92 Å². The Balaban J connectivity index is 1.57. The van der Waals surface area contributed by atoms with Gasteiger partial charge in [-0.3, -0.25) is 9.88 Å². The lowest BCUT2D eigenvalue weighted by Gasteiger charge is -2.34. The first-order valence-corrected chi connectivity index (χ1v) is 7.72. The summed E-state index contributed by atoms with van der Waals surface area (Å²) in [5, 5.41) is 0. The van der Waals surface area contributed by atoms with Crippen LogP contribution in [-0.2, 0) is 11.3 Å². The molecule has 20 heavy (non-hydrogen) atoms. The summed E-state index contributed by atoms with van der Waals surface area (Å²) in [6, 6.07) is 6.17. The van der Waals surface area contributed by atoms with Gasteiger partial charge in [0.15, 0.2) is 0 Å². The minimum atomic E-state index is 0.344. The Morgan fingerprint density at radius 2 is 2.25 bits per heavy atom. The summed E-state index contributed by atoms with van der Waals surface area (Å²) in [6.45, 7) is 6.13. The molecule has 0 unspecified atom stereocenters.